The van der Waals surface area contributed by atoms with Crippen molar-refractivity contribution in [1.82, 2.24) is 5.32 Å². The summed E-state index contributed by atoms with van der Waals surface area (Å²) in [4.78, 5) is 23.7. The normalized spacial score (nSPS) is 11.0. The molecule has 156 valence electrons. The standard InChI is InChI=1S/C21H26N2O5S/c1-3-4-5-14-22-20(24)15-28-21(25)17-8-12-19(13-9-17)29(26,27)23-18-10-6-16(2)7-11-18/h6-13,23H,3-5,14-15H2,1-2H3,(H,22,24). The third kappa shape index (κ3) is 7.23. The number of sulfonamides is 1. The Morgan fingerprint density at radius 3 is 2.24 bits per heavy atom. The lowest BCUT2D eigenvalue weighted by Crippen LogP contribution is -2.29. The molecule has 0 aromatic heterocycles. The maximum atomic E-state index is 12.4. The monoisotopic (exact) mass is 418 g/mol. The van der Waals surface area contributed by atoms with Crippen molar-refractivity contribution in [3.8, 4) is 0 Å². The highest BCUT2D eigenvalue weighted by atomic mass is 32.2. The number of carbonyl (C=O) groups is 2. The van der Waals surface area contributed by atoms with Crippen molar-refractivity contribution in [2.75, 3.05) is 17.9 Å². The van der Waals surface area contributed by atoms with E-state index < -0.39 is 16.0 Å². The van der Waals surface area contributed by atoms with E-state index in [0.717, 1.165) is 24.8 Å². The minimum Gasteiger partial charge on any atom is -0.452 e. The number of amides is 1. The van der Waals surface area contributed by atoms with Crippen molar-refractivity contribution in [1.29, 1.82) is 0 Å². The van der Waals surface area contributed by atoms with Gasteiger partial charge >= 0.3 is 5.97 Å². The van der Waals surface area contributed by atoms with E-state index in [1.165, 1.54) is 24.3 Å². The van der Waals surface area contributed by atoms with Gasteiger partial charge in [-0.25, -0.2) is 13.2 Å². The molecule has 7 nitrogen and oxygen atoms in total. The predicted molar refractivity (Wildman–Crippen MR) is 111 cm³/mol. The number of rotatable bonds is 10. The Hall–Kier alpha value is -2.87. The lowest BCUT2D eigenvalue weighted by atomic mass is 10.2. The van der Waals surface area contributed by atoms with Gasteiger partial charge in [0.15, 0.2) is 6.61 Å². The highest BCUT2D eigenvalue weighted by molar-refractivity contribution is 7.92. The number of aryl methyl sites for hydroxylation is 1. The van der Waals surface area contributed by atoms with Gasteiger partial charge < -0.3 is 10.1 Å². The number of ether oxygens (including phenoxy) is 1. The zero-order chi connectivity index (χ0) is 21.3. The molecule has 1 amide bonds. The van der Waals surface area contributed by atoms with Crippen LogP contribution in [0.15, 0.2) is 53.4 Å². The molecule has 2 N–H and O–H groups in total. The van der Waals surface area contributed by atoms with Crippen molar-refractivity contribution in [3.63, 3.8) is 0 Å². The predicted octanol–water partition coefficient (Wildman–Crippen LogP) is 3.26. The summed E-state index contributed by atoms with van der Waals surface area (Å²) < 4.78 is 32.3. The minimum atomic E-state index is -3.78. The summed E-state index contributed by atoms with van der Waals surface area (Å²) in [5.74, 6) is -1.06. The Morgan fingerprint density at radius 1 is 0.966 bits per heavy atom. The van der Waals surface area contributed by atoms with Gasteiger partial charge in [0, 0.05) is 12.2 Å². The smallest absolute Gasteiger partial charge is 0.338 e. The first-order valence-electron chi connectivity index (χ1n) is 9.45. The van der Waals surface area contributed by atoms with Crippen LogP contribution in [0.1, 0.15) is 42.1 Å². The average Bonchev–Trinajstić information content (AvgIpc) is 2.71. The van der Waals surface area contributed by atoms with Crippen molar-refractivity contribution in [2.45, 2.75) is 38.0 Å². The number of anilines is 1. The van der Waals surface area contributed by atoms with Crippen LogP contribution in [0.5, 0.6) is 0 Å². The maximum Gasteiger partial charge on any atom is 0.338 e. The number of carbonyl (C=O) groups excluding carboxylic acids is 2. The quantitative estimate of drug-likeness (QED) is 0.455. The topological polar surface area (TPSA) is 102 Å². The van der Waals surface area contributed by atoms with Gasteiger partial charge in [0.05, 0.1) is 10.5 Å². The second kappa shape index (κ2) is 10.6. The van der Waals surface area contributed by atoms with E-state index in [4.69, 9.17) is 4.74 Å². The summed E-state index contributed by atoms with van der Waals surface area (Å²) in [5.41, 5.74) is 1.63. The molecule has 0 saturated carbocycles. The zero-order valence-corrected chi connectivity index (χ0v) is 17.4. The van der Waals surface area contributed by atoms with E-state index >= 15 is 0 Å². The van der Waals surface area contributed by atoms with Crippen LogP contribution in [0.2, 0.25) is 0 Å². The molecular weight excluding hydrogens is 392 g/mol. The number of hydrogen-bond acceptors (Lipinski definition) is 5. The van der Waals surface area contributed by atoms with Crippen LogP contribution in [0, 0.1) is 6.92 Å². The van der Waals surface area contributed by atoms with Crippen LogP contribution in [0.3, 0.4) is 0 Å². The summed E-state index contributed by atoms with van der Waals surface area (Å²) in [6, 6.07) is 12.3. The van der Waals surface area contributed by atoms with Gasteiger partial charge in [-0.2, -0.15) is 0 Å². The first-order valence-corrected chi connectivity index (χ1v) is 10.9. The second-order valence-corrected chi connectivity index (χ2v) is 8.31. The maximum absolute atomic E-state index is 12.4. The van der Waals surface area contributed by atoms with Crippen LogP contribution in [0.4, 0.5) is 5.69 Å². The molecule has 0 radical (unpaired) electrons. The van der Waals surface area contributed by atoms with Crippen LogP contribution in [-0.4, -0.2) is 33.4 Å². The molecule has 0 fully saturated rings. The van der Waals surface area contributed by atoms with Gasteiger partial charge in [-0.1, -0.05) is 37.5 Å². The summed E-state index contributed by atoms with van der Waals surface area (Å²) in [6.45, 7) is 4.15. The van der Waals surface area contributed by atoms with E-state index in [1.54, 1.807) is 24.3 Å². The summed E-state index contributed by atoms with van der Waals surface area (Å²) in [5, 5.41) is 2.68. The third-order valence-electron chi connectivity index (χ3n) is 4.14. The molecule has 2 aromatic carbocycles. The third-order valence-corrected chi connectivity index (χ3v) is 5.54. The molecule has 29 heavy (non-hydrogen) atoms. The number of esters is 1. The fourth-order valence-corrected chi connectivity index (χ4v) is 3.53. The average molecular weight is 419 g/mol. The van der Waals surface area contributed by atoms with Crippen molar-refractivity contribution >= 4 is 27.6 Å². The van der Waals surface area contributed by atoms with Gasteiger partial charge in [0.2, 0.25) is 0 Å². The highest BCUT2D eigenvalue weighted by Gasteiger charge is 2.16. The Bertz CT molecular complexity index is 923. The van der Waals surface area contributed by atoms with Gasteiger partial charge in [-0.3, -0.25) is 9.52 Å². The van der Waals surface area contributed by atoms with Crippen LogP contribution >= 0.6 is 0 Å². The minimum absolute atomic E-state index is 0.0169. The molecular formula is C21H26N2O5S. The number of hydrogen-bond donors (Lipinski definition) is 2. The van der Waals surface area contributed by atoms with Crippen LogP contribution in [0.25, 0.3) is 0 Å². The van der Waals surface area contributed by atoms with E-state index in [2.05, 4.69) is 17.0 Å². The van der Waals surface area contributed by atoms with Crippen molar-refractivity contribution in [3.05, 3.63) is 59.7 Å². The Morgan fingerprint density at radius 2 is 1.62 bits per heavy atom. The van der Waals surface area contributed by atoms with Gasteiger partial charge in [-0.15, -0.1) is 0 Å². The molecule has 0 saturated heterocycles. The fraction of sp³-hybridized carbons (Fsp3) is 0.333. The first kappa shape index (κ1) is 22.4. The van der Waals surface area contributed by atoms with Crippen molar-refractivity contribution in [2.24, 2.45) is 0 Å². The lowest BCUT2D eigenvalue weighted by Gasteiger charge is -2.09. The molecule has 2 rings (SSSR count). The number of unbranched alkanes of at least 4 members (excludes halogenated alkanes) is 2. The largest absolute Gasteiger partial charge is 0.452 e. The van der Waals surface area contributed by atoms with Gasteiger partial charge in [0.25, 0.3) is 15.9 Å². The lowest BCUT2D eigenvalue weighted by molar-refractivity contribution is -0.124. The summed E-state index contributed by atoms with van der Waals surface area (Å²) >= 11 is 0. The van der Waals surface area contributed by atoms with E-state index in [-0.39, 0.29) is 23.0 Å². The van der Waals surface area contributed by atoms with Crippen molar-refractivity contribution < 1.29 is 22.7 Å². The number of benzene rings is 2. The van der Waals surface area contributed by atoms with Crippen LogP contribution < -0.4 is 10.0 Å². The highest BCUT2D eigenvalue weighted by Crippen LogP contribution is 2.17. The van der Waals surface area contributed by atoms with E-state index in [9.17, 15) is 18.0 Å². The molecule has 8 heteroatoms. The molecule has 2 aromatic rings. The molecule has 0 atom stereocenters. The second-order valence-electron chi connectivity index (χ2n) is 6.63. The molecule has 0 aliphatic carbocycles. The molecule has 0 heterocycles. The fourth-order valence-electron chi connectivity index (χ4n) is 2.47. The molecule has 0 aliphatic heterocycles. The molecule has 0 aliphatic rings. The Balaban J connectivity index is 1.90. The van der Waals surface area contributed by atoms with E-state index in [1.807, 2.05) is 6.92 Å². The van der Waals surface area contributed by atoms with Gasteiger partial charge in [0.1, 0.15) is 0 Å². The van der Waals surface area contributed by atoms with Gasteiger partial charge in [-0.05, 0) is 49.7 Å². The molecule has 0 spiro atoms. The number of nitrogens with one attached hydrogen (secondary N) is 2. The zero-order valence-electron chi connectivity index (χ0n) is 16.6. The Labute approximate surface area is 171 Å². The Kier molecular flexibility index (Phi) is 8.21. The van der Waals surface area contributed by atoms with E-state index in [0.29, 0.717) is 12.2 Å². The molecule has 0 unspecified atom stereocenters. The summed E-state index contributed by atoms with van der Waals surface area (Å²) in [7, 11) is -3.78. The summed E-state index contributed by atoms with van der Waals surface area (Å²) in [6.07, 6.45) is 2.95. The molecule has 0 bridgehead atoms. The first-order chi connectivity index (χ1) is 13.8. The SMILES string of the molecule is CCCCCNC(=O)COC(=O)c1ccc(S(=O)(=O)Nc2ccc(C)cc2)cc1. The van der Waals surface area contributed by atoms with Crippen LogP contribution in [-0.2, 0) is 19.6 Å².